The highest BCUT2D eigenvalue weighted by Gasteiger charge is 2.16. The van der Waals surface area contributed by atoms with Crippen molar-refractivity contribution in [2.24, 2.45) is 12.9 Å². The number of hydrogen-bond donors (Lipinski definition) is 2. The molecule has 3 rings (SSSR count). The van der Waals surface area contributed by atoms with E-state index in [4.69, 9.17) is 5.84 Å². The largest absolute Gasteiger partial charge is 0.271 e. The number of aryl methyl sites for hydroxylation is 1. The maximum atomic E-state index is 13.2. The van der Waals surface area contributed by atoms with E-state index >= 15 is 0 Å². The zero-order chi connectivity index (χ0) is 14.1. The molecule has 0 saturated carbocycles. The van der Waals surface area contributed by atoms with E-state index in [0.29, 0.717) is 6.42 Å². The summed E-state index contributed by atoms with van der Waals surface area (Å²) in [5, 5.41) is 5.06. The van der Waals surface area contributed by atoms with Crippen molar-refractivity contribution in [2.75, 3.05) is 0 Å². The van der Waals surface area contributed by atoms with Crippen molar-refractivity contribution in [2.45, 2.75) is 12.5 Å². The van der Waals surface area contributed by atoms with Crippen LogP contribution < -0.4 is 11.3 Å². The van der Waals surface area contributed by atoms with Gasteiger partial charge in [-0.05, 0) is 23.6 Å². The third kappa shape index (κ3) is 2.43. The fourth-order valence-electron chi connectivity index (χ4n) is 2.13. The first kappa shape index (κ1) is 13.2. The van der Waals surface area contributed by atoms with Crippen LogP contribution in [0.25, 0.3) is 10.1 Å². The molecule has 0 bridgehead atoms. The molecule has 0 fully saturated rings. The highest BCUT2D eigenvalue weighted by molar-refractivity contribution is 7.19. The maximum absolute atomic E-state index is 13.2. The van der Waals surface area contributed by atoms with Crippen molar-refractivity contribution >= 4 is 21.4 Å². The van der Waals surface area contributed by atoms with Gasteiger partial charge >= 0.3 is 0 Å². The molecule has 3 aromatic rings. The van der Waals surface area contributed by atoms with Gasteiger partial charge in [0.05, 0.1) is 6.04 Å². The van der Waals surface area contributed by atoms with E-state index in [-0.39, 0.29) is 11.9 Å². The molecule has 1 atom stereocenters. The van der Waals surface area contributed by atoms with E-state index in [1.165, 1.54) is 23.7 Å². The predicted octanol–water partition coefficient (Wildman–Crippen LogP) is 1.92. The average Bonchev–Trinajstić information content (AvgIpc) is 3.01. The van der Waals surface area contributed by atoms with Gasteiger partial charge in [-0.15, -0.1) is 11.3 Å². The number of thiophene rings is 1. The van der Waals surface area contributed by atoms with E-state index < -0.39 is 0 Å². The molecular formula is C13H14FN5S. The van der Waals surface area contributed by atoms with Gasteiger partial charge in [0.1, 0.15) is 18.0 Å². The van der Waals surface area contributed by atoms with Gasteiger partial charge in [-0.25, -0.2) is 9.37 Å². The highest BCUT2D eigenvalue weighted by atomic mass is 32.1. The average molecular weight is 291 g/mol. The molecule has 0 aliphatic rings. The number of benzene rings is 1. The van der Waals surface area contributed by atoms with Gasteiger partial charge in [0.2, 0.25) is 0 Å². The third-order valence-corrected chi connectivity index (χ3v) is 4.45. The van der Waals surface area contributed by atoms with Gasteiger partial charge in [0.25, 0.3) is 0 Å². The van der Waals surface area contributed by atoms with Crippen LogP contribution in [0.1, 0.15) is 16.7 Å². The number of rotatable bonds is 4. The first-order valence-electron chi connectivity index (χ1n) is 6.15. The zero-order valence-electron chi connectivity index (χ0n) is 10.9. The molecule has 1 unspecified atom stereocenters. The lowest BCUT2D eigenvalue weighted by Crippen LogP contribution is -2.29. The van der Waals surface area contributed by atoms with Crippen molar-refractivity contribution in [3.63, 3.8) is 0 Å². The minimum Gasteiger partial charge on any atom is -0.271 e. The molecule has 0 radical (unpaired) electrons. The van der Waals surface area contributed by atoms with Gasteiger partial charge in [0, 0.05) is 23.0 Å². The van der Waals surface area contributed by atoms with Crippen LogP contribution in [0.2, 0.25) is 0 Å². The fraction of sp³-hybridized carbons (Fsp3) is 0.231. The number of fused-ring (bicyclic) bond motifs is 1. The normalized spacial score (nSPS) is 12.9. The molecule has 0 aliphatic carbocycles. The monoisotopic (exact) mass is 291 g/mol. The SMILES string of the molecule is Cn1ncnc1CC(NN)c1cc2ccc(F)cc2s1. The Morgan fingerprint density at radius 1 is 1.45 bits per heavy atom. The Hall–Kier alpha value is -1.83. The molecule has 0 spiro atoms. The van der Waals surface area contributed by atoms with E-state index in [9.17, 15) is 4.39 Å². The second-order valence-electron chi connectivity index (χ2n) is 4.55. The summed E-state index contributed by atoms with van der Waals surface area (Å²) >= 11 is 1.53. The Bertz CT molecular complexity index is 735. The lowest BCUT2D eigenvalue weighted by atomic mass is 10.1. The summed E-state index contributed by atoms with van der Waals surface area (Å²) < 4.78 is 15.9. The van der Waals surface area contributed by atoms with Gasteiger partial charge < -0.3 is 0 Å². The van der Waals surface area contributed by atoms with Crippen LogP contribution >= 0.6 is 11.3 Å². The molecule has 0 amide bonds. The first-order valence-corrected chi connectivity index (χ1v) is 6.97. The van der Waals surface area contributed by atoms with Crippen molar-refractivity contribution in [3.05, 3.63) is 47.1 Å². The van der Waals surface area contributed by atoms with Gasteiger partial charge in [-0.2, -0.15) is 5.10 Å². The summed E-state index contributed by atoms with van der Waals surface area (Å²) in [7, 11) is 1.84. The number of nitrogens with zero attached hydrogens (tertiary/aromatic N) is 3. The topological polar surface area (TPSA) is 68.8 Å². The molecule has 0 aliphatic heterocycles. The Morgan fingerprint density at radius 3 is 3.00 bits per heavy atom. The van der Waals surface area contributed by atoms with Crippen LogP contribution in [-0.2, 0) is 13.5 Å². The van der Waals surface area contributed by atoms with Crippen molar-refractivity contribution in [1.29, 1.82) is 0 Å². The Labute approximate surface area is 119 Å². The molecule has 104 valence electrons. The van der Waals surface area contributed by atoms with E-state index in [1.807, 2.05) is 13.1 Å². The molecule has 0 saturated heterocycles. The van der Waals surface area contributed by atoms with Crippen molar-refractivity contribution in [1.82, 2.24) is 20.2 Å². The molecule has 2 aromatic heterocycles. The quantitative estimate of drug-likeness (QED) is 0.569. The van der Waals surface area contributed by atoms with Crippen LogP contribution in [0.5, 0.6) is 0 Å². The molecule has 20 heavy (non-hydrogen) atoms. The third-order valence-electron chi connectivity index (χ3n) is 3.24. The lowest BCUT2D eigenvalue weighted by molar-refractivity contribution is 0.530. The number of nitrogens with one attached hydrogen (secondary N) is 1. The predicted molar refractivity (Wildman–Crippen MR) is 76.6 cm³/mol. The Balaban J connectivity index is 1.92. The summed E-state index contributed by atoms with van der Waals surface area (Å²) in [6.07, 6.45) is 2.14. The van der Waals surface area contributed by atoms with Crippen LogP contribution in [0, 0.1) is 5.82 Å². The van der Waals surface area contributed by atoms with Crippen molar-refractivity contribution in [3.8, 4) is 0 Å². The standard InChI is InChI=1S/C13H14FN5S/c1-19-13(16-7-17-19)6-10(18-15)12-4-8-2-3-9(14)5-11(8)20-12/h2-5,7,10,18H,6,15H2,1H3. The number of halogens is 1. The fourth-order valence-corrected chi connectivity index (χ4v) is 3.28. The van der Waals surface area contributed by atoms with Crippen LogP contribution in [0.3, 0.4) is 0 Å². The van der Waals surface area contributed by atoms with Crippen molar-refractivity contribution < 1.29 is 4.39 Å². The zero-order valence-corrected chi connectivity index (χ0v) is 11.7. The summed E-state index contributed by atoms with van der Waals surface area (Å²) in [5.41, 5.74) is 2.79. The van der Waals surface area contributed by atoms with Gasteiger partial charge in [0.15, 0.2) is 0 Å². The van der Waals surface area contributed by atoms with Gasteiger partial charge in [-0.1, -0.05) is 6.07 Å². The number of hydrogen-bond acceptors (Lipinski definition) is 5. The molecule has 7 heteroatoms. The minimum absolute atomic E-state index is 0.0710. The lowest BCUT2D eigenvalue weighted by Gasteiger charge is -2.13. The number of hydrazine groups is 1. The maximum Gasteiger partial charge on any atom is 0.138 e. The number of aromatic nitrogens is 3. The molecular weight excluding hydrogens is 277 g/mol. The molecule has 2 heterocycles. The Morgan fingerprint density at radius 2 is 2.30 bits per heavy atom. The minimum atomic E-state index is -0.226. The summed E-state index contributed by atoms with van der Waals surface area (Å²) in [6, 6.07) is 6.74. The van der Waals surface area contributed by atoms with Crippen LogP contribution in [0.15, 0.2) is 30.6 Å². The summed E-state index contributed by atoms with van der Waals surface area (Å²) in [4.78, 5) is 5.25. The van der Waals surface area contributed by atoms with E-state index in [0.717, 1.165) is 20.8 Å². The van der Waals surface area contributed by atoms with E-state index in [2.05, 4.69) is 15.5 Å². The molecule has 3 N–H and O–H groups in total. The first-order chi connectivity index (χ1) is 9.67. The van der Waals surface area contributed by atoms with Crippen LogP contribution in [0.4, 0.5) is 4.39 Å². The molecule has 5 nitrogen and oxygen atoms in total. The summed E-state index contributed by atoms with van der Waals surface area (Å²) in [5.74, 6) is 6.27. The smallest absolute Gasteiger partial charge is 0.138 e. The molecule has 1 aromatic carbocycles. The second-order valence-corrected chi connectivity index (χ2v) is 5.67. The van der Waals surface area contributed by atoms with Crippen LogP contribution in [-0.4, -0.2) is 14.8 Å². The van der Waals surface area contributed by atoms with Gasteiger partial charge in [-0.3, -0.25) is 16.0 Å². The Kier molecular flexibility index (Phi) is 3.47. The second kappa shape index (κ2) is 5.28. The number of nitrogens with two attached hydrogens (primary N) is 1. The summed E-state index contributed by atoms with van der Waals surface area (Å²) in [6.45, 7) is 0. The van der Waals surface area contributed by atoms with E-state index in [1.54, 1.807) is 16.8 Å². The highest BCUT2D eigenvalue weighted by Crippen LogP contribution is 2.31.